The van der Waals surface area contributed by atoms with Gasteiger partial charge in [-0.15, -0.1) is 0 Å². The Kier molecular flexibility index (Phi) is 3.45. The molecule has 0 spiro atoms. The van der Waals surface area contributed by atoms with E-state index < -0.39 is 11.6 Å². The van der Waals surface area contributed by atoms with E-state index in [0.717, 1.165) is 5.56 Å². The van der Waals surface area contributed by atoms with Crippen LogP contribution in [0, 0.1) is 5.92 Å². The number of amides is 1. The Morgan fingerprint density at radius 2 is 1.78 bits per heavy atom. The van der Waals surface area contributed by atoms with E-state index in [2.05, 4.69) is 0 Å². The molecular formula is C18H21F2NO2. The molecule has 0 bridgehead atoms. The normalized spacial score (nSPS) is 33.9. The van der Waals surface area contributed by atoms with Crippen LogP contribution in [0.1, 0.15) is 50.1 Å². The summed E-state index contributed by atoms with van der Waals surface area (Å²) in [6, 6.07) is 9.78. The van der Waals surface area contributed by atoms with Crippen LogP contribution in [-0.4, -0.2) is 29.1 Å². The van der Waals surface area contributed by atoms with Crippen molar-refractivity contribution in [1.82, 2.24) is 4.90 Å². The molecular weight excluding hydrogens is 300 g/mol. The number of halogens is 2. The number of benzene rings is 1. The Morgan fingerprint density at radius 1 is 1.09 bits per heavy atom. The molecule has 2 saturated heterocycles. The van der Waals surface area contributed by atoms with Crippen LogP contribution in [0.3, 0.4) is 0 Å². The van der Waals surface area contributed by atoms with Gasteiger partial charge in [0.2, 0.25) is 11.8 Å². The molecule has 1 saturated carbocycles. The summed E-state index contributed by atoms with van der Waals surface area (Å²) < 4.78 is 33.2. The van der Waals surface area contributed by atoms with Crippen LogP contribution in [0.25, 0.3) is 0 Å². The molecule has 3 nitrogen and oxygen atoms in total. The average Bonchev–Trinajstić information content (AvgIpc) is 3.08. The number of nitrogens with zero attached hydrogens (tertiary/aromatic N) is 1. The lowest BCUT2D eigenvalue weighted by atomic mass is 9.78. The molecule has 5 heteroatoms. The number of carbonyl (C=O) groups excluding carboxylic acids is 1. The van der Waals surface area contributed by atoms with Crippen molar-refractivity contribution >= 4 is 5.91 Å². The molecule has 2 aliphatic heterocycles. The maximum Gasteiger partial charge on any atom is 0.248 e. The lowest BCUT2D eigenvalue weighted by Crippen LogP contribution is -2.50. The number of carbonyl (C=O) groups is 1. The van der Waals surface area contributed by atoms with Gasteiger partial charge in [0.05, 0.1) is 12.6 Å². The monoisotopic (exact) mass is 321 g/mol. The van der Waals surface area contributed by atoms with E-state index in [4.69, 9.17) is 4.74 Å². The smallest absolute Gasteiger partial charge is 0.248 e. The maximum absolute atomic E-state index is 13.5. The third-order valence-corrected chi connectivity index (χ3v) is 5.72. The quantitative estimate of drug-likeness (QED) is 0.827. The predicted molar refractivity (Wildman–Crippen MR) is 80.9 cm³/mol. The first-order valence-corrected chi connectivity index (χ1v) is 8.41. The van der Waals surface area contributed by atoms with Crippen molar-refractivity contribution in [3.8, 4) is 0 Å². The summed E-state index contributed by atoms with van der Waals surface area (Å²) in [5.41, 5.74) is 0.402. The van der Waals surface area contributed by atoms with Gasteiger partial charge in [-0.3, -0.25) is 4.79 Å². The van der Waals surface area contributed by atoms with Crippen LogP contribution < -0.4 is 0 Å². The first-order chi connectivity index (χ1) is 11.0. The van der Waals surface area contributed by atoms with Gasteiger partial charge >= 0.3 is 0 Å². The second-order valence-electron chi connectivity index (χ2n) is 6.98. The molecule has 1 aromatic carbocycles. The molecule has 2 heterocycles. The molecule has 3 fully saturated rings. The van der Waals surface area contributed by atoms with Crippen molar-refractivity contribution in [3.05, 3.63) is 35.9 Å². The first kappa shape index (κ1) is 15.1. The van der Waals surface area contributed by atoms with Gasteiger partial charge in [-0.2, -0.15) is 0 Å². The number of fused-ring (bicyclic) bond motifs is 1. The molecule has 0 radical (unpaired) electrons. The predicted octanol–water partition coefficient (Wildman–Crippen LogP) is 3.90. The molecule has 0 N–H and O–H groups in total. The van der Waals surface area contributed by atoms with E-state index in [1.165, 1.54) is 0 Å². The van der Waals surface area contributed by atoms with E-state index >= 15 is 0 Å². The number of ether oxygens (including phenoxy) is 1. The molecule has 124 valence electrons. The standard InChI is InChI=1S/C18H21F2NO2/c19-17(20)9-6-14(7-10-17)18-11-8-16(22)21(18)15(12-23-18)13-4-2-1-3-5-13/h1-5,14-15H,6-12H2/t15-,18+/m0/s1. The van der Waals surface area contributed by atoms with Crippen LogP contribution in [0.15, 0.2) is 30.3 Å². The molecule has 0 aromatic heterocycles. The average molecular weight is 321 g/mol. The molecule has 1 amide bonds. The summed E-state index contributed by atoms with van der Waals surface area (Å²) in [7, 11) is 0. The molecule has 23 heavy (non-hydrogen) atoms. The van der Waals surface area contributed by atoms with E-state index in [9.17, 15) is 13.6 Å². The Balaban J connectivity index is 1.62. The maximum atomic E-state index is 13.5. The fraction of sp³-hybridized carbons (Fsp3) is 0.611. The molecule has 0 unspecified atom stereocenters. The Labute approximate surface area is 134 Å². The zero-order valence-corrected chi connectivity index (χ0v) is 13.0. The molecule has 4 rings (SSSR count). The highest BCUT2D eigenvalue weighted by molar-refractivity contribution is 5.80. The summed E-state index contributed by atoms with van der Waals surface area (Å²) in [4.78, 5) is 14.4. The fourth-order valence-electron chi connectivity index (χ4n) is 4.55. The minimum Gasteiger partial charge on any atom is -0.353 e. The second kappa shape index (κ2) is 5.26. The number of hydrogen-bond donors (Lipinski definition) is 0. The van der Waals surface area contributed by atoms with Crippen molar-refractivity contribution < 1.29 is 18.3 Å². The summed E-state index contributed by atoms with van der Waals surface area (Å²) in [5.74, 6) is -2.45. The summed E-state index contributed by atoms with van der Waals surface area (Å²) in [6.07, 6.45) is 1.75. The van der Waals surface area contributed by atoms with Gasteiger partial charge in [-0.25, -0.2) is 8.78 Å². The molecule has 1 aromatic rings. The van der Waals surface area contributed by atoms with E-state index in [1.54, 1.807) is 0 Å². The molecule has 2 atom stereocenters. The molecule has 1 aliphatic carbocycles. The largest absolute Gasteiger partial charge is 0.353 e. The van der Waals surface area contributed by atoms with Crippen molar-refractivity contribution in [3.63, 3.8) is 0 Å². The van der Waals surface area contributed by atoms with Crippen LogP contribution in [0.2, 0.25) is 0 Å². The zero-order valence-electron chi connectivity index (χ0n) is 13.0. The van der Waals surface area contributed by atoms with Crippen molar-refractivity contribution in [1.29, 1.82) is 0 Å². The van der Waals surface area contributed by atoms with Gasteiger partial charge in [0.1, 0.15) is 5.72 Å². The SMILES string of the molecule is O=C1CC[C@]2(C3CCC(F)(F)CC3)OC[C@@H](c3ccccc3)N12. The van der Waals surface area contributed by atoms with Crippen LogP contribution >= 0.6 is 0 Å². The third kappa shape index (κ3) is 2.36. The van der Waals surface area contributed by atoms with Gasteiger partial charge in [0.15, 0.2) is 0 Å². The third-order valence-electron chi connectivity index (χ3n) is 5.72. The van der Waals surface area contributed by atoms with Crippen LogP contribution in [0.5, 0.6) is 0 Å². The van der Waals surface area contributed by atoms with Crippen molar-refractivity contribution in [2.45, 2.75) is 56.2 Å². The highest BCUT2D eigenvalue weighted by Gasteiger charge is 2.59. The second-order valence-corrected chi connectivity index (χ2v) is 6.98. The van der Waals surface area contributed by atoms with Gasteiger partial charge in [0, 0.05) is 31.6 Å². The number of hydrogen-bond acceptors (Lipinski definition) is 2. The topological polar surface area (TPSA) is 29.5 Å². The van der Waals surface area contributed by atoms with Gasteiger partial charge in [-0.1, -0.05) is 30.3 Å². The Morgan fingerprint density at radius 3 is 2.48 bits per heavy atom. The highest BCUT2D eigenvalue weighted by atomic mass is 19.3. The van der Waals surface area contributed by atoms with Crippen molar-refractivity contribution in [2.24, 2.45) is 5.92 Å². The van der Waals surface area contributed by atoms with E-state index in [1.807, 2.05) is 35.2 Å². The minimum absolute atomic E-state index is 0.0160. The highest BCUT2D eigenvalue weighted by Crippen LogP contribution is 2.53. The van der Waals surface area contributed by atoms with Crippen LogP contribution in [-0.2, 0) is 9.53 Å². The van der Waals surface area contributed by atoms with Gasteiger partial charge in [-0.05, 0) is 18.4 Å². The van der Waals surface area contributed by atoms with E-state index in [0.29, 0.717) is 32.3 Å². The Hall–Kier alpha value is -1.49. The molecule has 3 aliphatic rings. The minimum atomic E-state index is -2.56. The van der Waals surface area contributed by atoms with Crippen LogP contribution in [0.4, 0.5) is 8.78 Å². The number of rotatable bonds is 2. The van der Waals surface area contributed by atoms with Gasteiger partial charge in [0.25, 0.3) is 0 Å². The lowest BCUT2D eigenvalue weighted by molar-refractivity contribution is -0.158. The van der Waals surface area contributed by atoms with Crippen molar-refractivity contribution in [2.75, 3.05) is 6.61 Å². The summed E-state index contributed by atoms with van der Waals surface area (Å²) >= 11 is 0. The summed E-state index contributed by atoms with van der Waals surface area (Å²) in [6.45, 7) is 0.461. The van der Waals surface area contributed by atoms with Gasteiger partial charge < -0.3 is 9.64 Å². The first-order valence-electron chi connectivity index (χ1n) is 8.41. The zero-order chi connectivity index (χ0) is 16.1. The lowest BCUT2D eigenvalue weighted by Gasteiger charge is -2.42. The number of alkyl halides is 2. The van der Waals surface area contributed by atoms with E-state index in [-0.39, 0.29) is 30.7 Å². The summed E-state index contributed by atoms with van der Waals surface area (Å²) in [5, 5.41) is 0. The fourth-order valence-corrected chi connectivity index (χ4v) is 4.55. The Bertz CT molecular complexity index is 596.